The number of phenolic OH excluding ortho intramolecular Hbond substituents is 1. The first kappa shape index (κ1) is 19.4. The predicted molar refractivity (Wildman–Crippen MR) is 122 cm³/mol. The summed E-state index contributed by atoms with van der Waals surface area (Å²) in [4.78, 5) is 30.7. The van der Waals surface area contributed by atoms with Crippen molar-refractivity contribution in [1.82, 2.24) is 9.80 Å². The highest BCUT2D eigenvalue weighted by molar-refractivity contribution is 6.21. The summed E-state index contributed by atoms with van der Waals surface area (Å²) in [6, 6.07) is 10.6. The summed E-state index contributed by atoms with van der Waals surface area (Å²) in [6.07, 6.45) is 6.77. The number of nitrogens with zero attached hydrogens (tertiary/aromatic N) is 2. The van der Waals surface area contributed by atoms with Crippen LogP contribution in [0.1, 0.15) is 51.6 Å². The maximum Gasteiger partial charge on any atom is 0.262 e. The normalized spacial score (nSPS) is 33.2. The van der Waals surface area contributed by atoms with E-state index in [4.69, 9.17) is 4.74 Å². The van der Waals surface area contributed by atoms with E-state index in [9.17, 15) is 14.7 Å². The Morgan fingerprint density at radius 1 is 1.09 bits per heavy atom. The molecular formula is C27H26N2O4. The lowest BCUT2D eigenvalue weighted by Gasteiger charge is -2.58. The van der Waals surface area contributed by atoms with Gasteiger partial charge in [0.25, 0.3) is 11.8 Å². The number of hydrogen-bond donors (Lipinski definition) is 1. The highest BCUT2D eigenvalue weighted by Crippen LogP contribution is 2.63. The summed E-state index contributed by atoms with van der Waals surface area (Å²) in [5.74, 6) is 0.395. The van der Waals surface area contributed by atoms with Gasteiger partial charge in [0.2, 0.25) is 0 Å². The van der Waals surface area contributed by atoms with Crippen LogP contribution in [-0.2, 0) is 11.8 Å². The number of fused-ring (bicyclic) bond motifs is 1. The maximum absolute atomic E-state index is 13.4. The monoisotopic (exact) mass is 442 g/mol. The van der Waals surface area contributed by atoms with Gasteiger partial charge in [0.15, 0.2) is 11.5 Å². The topological polar surface area (TPSA) is 70.1 Å². The van der Waals surface area contributed by atoms with Crippen LogP contribution >= 0.6 is 0 Å². The van der Waals surface area contributed by atoms with Gasteiger partial charge < -0.3 is 9.84 Å². The number of likely N-dealkylation sites (tertiary alicyclic amines) is 1. The van der Waals surface area contributed by atoms with Crippen molar-refractivity contribution in [3.63, 3.8) is 0 Å². The van der Waals surface area contributed by atoms with Crippen LogP contribution < -0.4 is 4.74 Å². The van der Waals surface area contributed by atoms with Crippen molar-refractivity contribution >= 4 is 11.8 Å². The van der Waals surface area contributed by atoms with Crippen LogP contribution in [0.4, 0.5) is 0 Å². The fourth-order valence-corrected chi connectivity index (χ4v) is 7.40. The van der Waals surface area contributed by atoms with Gasteiger partial charge in [0, 0.05) is 22.9 Å². The molecular weight excluding hydrogens is 416 g/mol. The number of amides is 2. The van der Waals surface area contributed by atoms with Gasteiger partial charge in [0.05, 0.1) is 17.2 Å². The van der Waals surface area contributed by atoms with E-state index in [0.29, 0.717) is 22.9 Å². The minimum Gasteiger partial charge on any atom is -0.504 e. The molecule has 7 rings (SSSR count). The average molecular weight is 443 g/mol. The van der Waals surface area contributed by atoms with Crippen molar-refractivity contribution < 1.29 is 19.4 Å². The summed E-state index contributed by atoms with van der Waals surface area (Å²) < 4.78 is 6.56. The number of phenols is 1. The summed E-state index contributed by atoms with van der Waals surface area (Å²) in [5.41, 5.74) is 2.90. The van der Waals surface area contributed by atoms with Crippen LogP contribution in [0.2, 0.25) is 0 Å². The molecule has 6 heteroatoms. The molecule has 1 saturated heterocycles. The Bertz CT molecular complexity index is 1220. The van der Waals surface area contributed by atoms with Crippen LogP contribution in [-0.4, -0.2) is 58.0 Å². The molecule has 33 heavy (non-hydrogen) atoms. The van der Waals surface area contributed by atoms with Crippen molar-refractivity contribution in [2.45, 2.75) is 49.8 Å². The average Bonchev–Trinajstić information content (AvgIpc) is 3.30. The van der Waals surface area contributed by atoms with Gasteiger partial charge >= 0.3 is 0 Å². The number of rotatable bonds is 3. The molecule has 5 atom stereocenters. The minimum atomic E-state index is -0.509. The molecule has 1 fully saturated rings. The molecule has 0 unspecified atom stereocenters. The quantitative estimate of drug-likeness (QED) is 0.584. The van der Waals surface area contributed by atoms with Crippen molar-refractivity contribution in [2.24, 2.45) is 5.92 Å². The molecule has 2 bridgehead atoms. The lowest BCUT2D eigenvalue weighted by molar-refractivity contribution is -0.0317. The van der Waals surface area contributed by atoms with Crippen LogP contribution in [0.3, 0.4) is 0 Å². The van der Waals surface area contributed by atoms with Gasteiger partial charge in [-0.15, -0.1) is 0 Å². The zero-order chi connectivity index (χ0) is 22.5. The van der Waals surface area contributed by atoms with E-state index in [0.717, 1.165) is 37.9 Å². The number of aromatic hydroxyl groups is 1. The summed E-state index contributed by atoms with van der Waals surface area (Å²) in [5, 5.41) is 10.7. The molecule has 1 spiro atoms. The van der Waals surface area contributed by atoms with Crippen molar-refractivity contribution in [3.05, 3.63) is 70.8 Å². The van der Waals surface area contributed by atoms with Gasteiger partial charge in [-0.2, -0.15) is 0 Å². The molecule has 2 amide bonds. The number of benzene rings is 2. The molecule has 6 nitrogen and oxygen atoms in total. The van der Waals surface area contributed by atoms with E-state index in [-0.39, 0.29) is 28.9 Å². The Kier molecular flexibility index (Phi) is 3.80. The first-order valence-corrected chi connectivity index (χ1v) is 12.0. The van der Waals surface area contributed by atoms with Gasteiger partial charge in [0.1, 0.15) is 6.10 Å². The highest BCUT2D eigenvalue weighted by Gasteiger charge is 2.66. The molecule has 2 aliphatic carbocycles. The lowest BCUT2D eigenvalue weighted by Crippen LogP contribution is -2.67. The van der Waals surface area contributed by atoms with E-state index >= 15 is 0 Å². The number of piperidine rings is 1. The summed E-state index contributed by atoms with van der Waals surface area (Å²) >= 11 is 0. The molecule has 2 aromatic rings. The van der Waals surface area contributed by atoms with Crippen LogP contribution in [0, 0.1) is 5.92 Å². The largest absolute Gasteiger partial charge is 0.504 e. The Hall–Kier alpha value is -3.12. The second-order valence-corrected chi connectivity index (χ2v) is 10.0. The van der Waals surface area contributed by atoms with E-state index in [1.54, 1.807) is 30.3 Å². The number of carbonyl (C=O) groups is 2. The minimum absolute atomic E-state index is 0.145. The first-order valence-electron chi connectivity index (χ1n) is 12.0. The Morgan fingerprint density at radius 3 is 2.58 bits per heavy atom. The fraction of sp³-hybridized carbons (Fsp3) is 0.407. The summed E-state index contributed by atoms with van der Waals surface area (Å²) in [6.45, 7) is 4.22. The van der Waals surface area contributed by atoms with Crippen molar-refractivity contribution in [2.75, 3.05) is 13.1 Å². The highest BCUT2D eigenvalue weighted by atomic mass is 16.5. The smallest absolute Gasteiger partial charge is 0.262 e. The third kappa shape index (κ3) is 2.22. The number of hydrogen-bond acceptors (Lipinski definition) is 5. The predicted octanol–water partition coefficient (Wildman–Crippen LogP) is 3.28. The first-order chi connectivity index (χ1) is 16.1. The van der Waals surface area contributed by atoms with Crippen LogP contribution in [0.15, 0.2) is 48.6 Å². The molecule has 168 valence electrons. The summed E-state index contributed by atoms with van der Waals surface area (Å²) in [7, 11) is 0. The van der Waals surface area contributed by atoms with Gasteiger partial charge in [-0.3, -0.25) is 19.4 Å². The number of imide groups is 1. The zero-order valence-electron chi connectivity index (χ0n) is 18.5. The third-order valence-electron chi connectivity index (χ3n) is 8.62. The maximum atomic E-state index is 13.4. The van der Waals surface area contributed by atoms with Crippen molar-refractivity contribution in [3.8, 4) is 11.5 Å². The molecule has 3 heterocycles. The molecule has 0 saturated carbocycles. The van der Waals surface area contributed by atoms with Gasteiger partial charge in [-0.25, -0.2) is 0 Å². The molecule has 0 aromatic heterocycles. The fourth-order valence-electron chi connectivity index (χ4n) is 7.40. The van der Waals surface area contributed by atoms with Crippen molar-refractivity contribution in [1.29, 1.82) is 0 Å². The number of ether oxygens (including phenoxy) is 1. The van der Waals surface area contributed by atoms with Crippen LogP contribution in [0.25, 0.3) is 0 Å². The van der Waals surface area contributed by atoms with Gasteiger partial charge in [-0.1, -0.05) is 37.3 Å². The SMILES string of the molecule is CCCN1CC[C@]23c4c5ccc(O)c4O[C@H]2[C@H](N2C(=O)c4ccccc4C2=O)C=C[C@H]3[C@H]1C5. The molecule has 0 radical (unpaired) electrons. The molecule has 5 aliphatic rings. The number of carbonyl (C=O) groups excluding carboxylic acids is 2. The van der Waals surface area contributed by atoms with Gasteiger partial charge in [-0.05, 0) is 56.1 Å². The Balaban J connectivity index is 1.39. The molecule has 2 aromatic carbocycles. The third-order valence-corrected chi connectivity index (χ3v) is 8.62. The van der Waals surface area contributed by atoms with E-state index in [2.05, 4.69) is 17.9 Å². The second-order valence-electron chi connectivity index (χ2n) is 10.0. The molecule has 1 N–H and O–H groups in total. The Labute approximate surface area is 192 Å². The standard InChI is InChI=1S/C27H26N2O4/c1-2-12-28-13-11-27-18-8-9-19(29-25(31)16-5-3-4-6-17(16)26(29)32)24(27)33-23-21(30)10-7-15(22(23)27)14-20(18)28/h3-10,18-20,24,30H,2,11-14H2,1H3/t18-,19+,20+,24-,27-/m0/s1. The lowest BCUT2D eigenvalue weighted by atomic mass is 9.53. The Morgan fingerprint density at radius 2 is 1.85 bits per heavy atom. The van der Waals surface area contributed by atoms with Crippen LogP contribution in [0.5, 0.6) is 11.5 Å². The molecule has 3 aliphatic heterocycles. The second kappa shape index (κ2) is 6.48. The van der Waals surface area contributed by atoms with E-state index in [1.165, 1.54) is 10.5 Å². The van der Waals surface area contributed by atoms with E-state index < -0.39 is 12.1 Å². The van der Waals surface area contributed by atoms with E-state index in [1.807, 2.05) is 12.1 Å². The zero-order valence-corrected chi connectivity index (χ0v) is 18.5.